The predicted molar refractivity (Wildman–Crippen MR) is 78.2 cm³/mol. The molecule has 7 heteroatoms. The summed E-state index contributed by atoms with van der Waals surface area (Å²) >= 11 is 0. The second kappa shape index (κ2) is 6.86. The average Bonchev–Trinajstić information content (AvgIpc) is 2.92. The monoisotopic (exact) mass is 303 g/mol. The van der Waals surface area contributed by atoms with Crippen molar-refractivity contribution >= 4 is 11.9 Å². The number of nitrogens with zero attached hydrogens (tertiary/aromatic N) is 2. The first-order valence-corrected chi connectivity index (χ1v) is 6.62. The van der Waals surface area contributed by atoms with Crippen molar-refractivity contribution in [3.8, 4) is 0 Å². The van der Waals surface area contributed by atoms with E-state index in [0.29, 0.717) is 12.1 Å². The number of carboxylic acid groups (broad SMARTS) is 1. The second-order valence-corrected chi connectivity index (χ2v) is 4.78. The van der Waals surface area contributed by atoms with Crippen LogP contribution in [0.15, 0.2) is 36.7 Å². The largest absolute Gasteiger partial charge is 0.478 e. The zero-order valence-corrected chi connectivity index (χ0v) is 12.3. The van der Waals surface area contributed by atoms with Crippen LogP contribution in [0, 0.1) is 0 Å². The number of rotatable bonds is 6. The number of aromatic nitrogens is 2. The van der Waals surface area contributed by atoms with E-state index in [1.54, 1.807) is 36.3 Å². The zero-order chi connectivity index (χ0) is 16.1. The Labute approximate surface area is 127 Å². The van der Waals surface area contributed by atoms with Gasteiger partial charge < -0.3 is 15.2 Å². The predicted octanol–water partition coefficient (Wildman–Crippen LogP) is 1.12. The molecule has 2 rings (SSSR count). The molecule has 1 aromatic heterocycles. The second-order valence-electron chi connectivity index (χ2n) is 4.78. The molecule has 0 radical (unpaired) electrons. The van der Waals surface area contributed by atoms with Crippen molar-refractivity contribution in [3.63, 3.8) is 0 Å². The summed E-state index contributed by atoms with van der Waals surface area (Å²) < 4.78 is 6.80. The highest BCUT2D eigenvalue weighted by molar-refractivity contribution is 5.87. The molecular weight excluding hydrogens is 286 g/mol. The molecule has 1 heterocycles. The molecule has 7 nitrogen and oxygen atoms in total. The van der Waals surface area contributed by atoms with Gasteiger partial charge in [-0.25, -0.2) is 4.79 Å². The normalized spacial score (nSPS) is 11.9. The molecule has 2 N–H and O–H groups in total. The molecule has 0 spiro atoms. The van der Waals surface area contributed by atoms with Crippen molar-refractivity contribution in [2.24, 2.45) is 7.05 Å². The number of amides is 1. The van der Waals surface area contributed by atoms with Gasteiger partial charge in [-0.05, 0) is 17.7 Å². The van der Waals surface area contributed by atoms with Crippen molar-refractivity contribution in [2.75, 3.05) is 7.11 Å². The highest BCUT2D eigenvalue weighted by atomic mass is 16.5. The van der Waals surface area contributed by atoms with Gasteiger partial charge >= 0.3 is 5.97 Å². The fourth-order valence-corrected chi connectivity index (χ4v) is 2.02. The maximum Gasteiger partial charge on any atom is 0.335 e. The summed E-state index contributed by atoms with van der Waals surface area (Å²) in [6.45, 7) is 0.291. The Morgan fingerprint density at radius 1 is 1.36 bits per heavy atom. The fourth-order valence-electron chi connectivity index (χ4n) is 2.02. The Morgan fingerprint density at radius 3 is 2.55 bits per heavy atom. The van der Waals surface area contributed by atoms with E-state index < -0.39 is 12.1 Å². The Kier molecular flexibility index (Phi) is 4.90. The van der Waals surface area contributed by atoms with E-state index in [2.05, 4.69) is 10.4 Å². The fraction of sp³-hybridized carbons (Fsp3) is 0.267. The number of carbonyl (C=O) groups excluding carboxylic acids is 1. The third-order valence-corrected chi connectivity index (χ3v) is 3.17. The van der Waals surface area contributed by atoms with Crippen LogP contribution in [0.1, 0.15) is 27.6 Å². The van der Waals surface area contributed by atoms with Crippen LogP contribution in [0.25, 0.3) is 0 Å². The molecule has 0 aliphatic carbocycles. The number of benzene rings is 1. The number of carboxylic acids is 1. The molecule has 0 bridgehead atoms. The first-order valence-electron chi connectivity index (χ1n) is 6.62. The Bertz CT molecular complexity index is 664. The van der Waals surface area contributed by atoms with Gasteiger partial charge in [0.05, 0.1) is 11.8 Å². The van der Waals surface area contributed by atoms with Crippen LogP contribution < -0.4 is 5.32 Å². The number of hydrogen-bond acceptors (Lipinski definition) is 4. The van der Waals surface area contributed by atoms with Crippen molar-refractivity contribution < 1.29 is 19.4 Å². The number of nitrogens with one attached hydrogen (secondary N) is 1. The number of aromatic carboxylic acids is 1. The molecule has 0 aliphatic rings. The number of ether oxygens (including phenoxy) is 1. The molecule has 0 saturated heterocycles. The van der Waals surface area contributed by atoms with E-state index in [0.717, 1.165) is 5.56 Å². The van der Waals surface area contributed by atoms with Crippen LogP contribution in [0.2, 0.25) is 0 Å². The lowest BCUT2D eigenvalue weighted by Gasteiger charge is -2.13. The molecule has 0 fully saturated rings. The summed E-state index contributed by atoms with van der Waals surface area (Å²) in [5.41, 5.74) is 1.68. The smallest absolute Gasteiger partial charge is 0.335 e. The van der Waals surface area contributed by atoms with Gasteiger partial charge in [0.2, 0.25) is 0 Å². The van der Waals surface area contributed by atoms with Crippen LogP contribution in [0.5, 0.6) is 0 Å². The number of aryl methyl sites for hydroxylation is 1. The third-order valence-electron chi connectivity index (χ3n) is 3.17. The molecule has 2 aromatic rings. The van der Waals surface area contributed by atoms with Crippen LogP contribution in [0.3, 0.4) is 0 Å². The number of carbonyl (C=O) groups is 2. The minimum absolute atomic E-state index is 0.209. The van der Waals surface area contributed by atoms with Gasteiger partial charge in [0.1, 0.15) is 0 Å². The molecule has 1 aromatic carbocycles. The zero-order valence-electron chi connectivity index (χ0n) is 12.3. The van der Waals surface area contributed by atoms with Gasteiger partial charge in [0, 0.05) is 32.5 Å². The van der Waals surface area contributed by atoms with Gasteiger partial charge in [0.25, 0.3) is 5.91 Å². The summed E-state index contributed by atoms with van der Waals surface area (Å²) in [4.78, 5) is 22.9. The first kappa shape index (κ1) is 15.7. The molecule has 116 valence electrons. The summed E-state index contributed by atoms with van der Waals surface area (Å²) in [6.07, 6.45) is 2.57. The van der Waals surface area contributed by atoms with Crippen LogP contribution in [0.4, 0.5) is 0 Å². The molecule has 1 unspecified atom stereocenters. The summed E-state index contributed by atoms with van der Waals surface area (Å²) in [5.74, 6) is -1.26. The Morgan fingerprint density at radius 2 is 2.05 bits per heavy atom. The van der Waals surface area contributed by atoms with Crippen LogP contribution in [-0.2, 0) is 23.1 Å². The lowest BCUT2D eigenvalue weighted by atomic mass is 10.1. The molecule has 1 atom stereocenters. The van der Waals surface area contributed by atoms with Crippen molar-refractivity contribution in [3.05, 3.63) is 53.3 Å². The van der Waals surface area contributed by atoms with Gasteiger partial charge in [-0.15, -0.1) is 0 Å². The molecule has 1 amide bonds. The van der Waals surface area contributed by atoms with Gasteiger partial charge in [-0.2, -0.15) is 5.10 Å². The first-order chi connectivity index (χ1) is 10.5. The highest BCUT2D eigenvalue weighted by Crippen LogP contribution is 2.16. The Hall–Kier alpha value is -2.67. The Balaban J connectivity index is 1.97. The maximum absolute atomic E-state index is 12.2. The van der Waals surface area contributed by atoms with E-state index in [4.69, 9.17) is 9.84 Å². The minimum Gasteiger partial charge on any atom is -0.478 e. The molecule has 22 heavy (non-hydrogen) atoms. The number of hydrogen-bond donors (Lipinski definition) is 2. The van der Waals surface area contributed by atoms with E-state index in [1.165, 1.54) is 19.2 Å². The van der Waals surface area contributed by atoms with E-state index in [9.17, 15) is 9.59 Å². The molecule has 0 aliphatic heterocycles. The number of methoxy groups -OCH3 is 1. The van der Waals surface area contributed by atoms with Crippen molar-refractivity contribution in [2.45, 2.75) is 12.6 Å². The van der Waals surface area contributed by atoms with E-state index in [-0.39, 0.29) is 11.5 Å². The van der Waals surface area contributed by atoms with E-state index >= 15 is 0 Å². The van der Waals surface area contributed by atoms with Crippen LogP contribution >= 0.6 is 0 Å². The maximum atomic E-state index is 12.2. The van der Waals surface area contributed by atoms with Gasteiger partial charge in [-0.3, -0.25) is 9.48 Å². The summed E-state index contributed by atoms with van der Waals surface area (Å²) in [7, 11) is 3.22. The minimum atomic E-state index is -0.980. The van der Waals surface area contributed by atoms with Gasteiger partial charge in [0.15, 0.2) is 6.10 Å². The average molecular weight is 303 g/mol. The standard InChI is InChI=1S/C15H17N3O4/c1-18-9-12(8-17-18)13(22-2)14(19)16-7-10-3-5-11(6-4-10)15(20)21/h3-6,8-9,13H,7H2,1-2H3,(H,16,19)(H,20,21). The summed E-state index contributed by atoms with van der Waals surface area (Å²) in [5, 5.41) is 15.6. The molecule has 0 saturated carbocycles. The van der Waals surface area contributed by atoms with Gasteiger partial charge in [-0.1, -0.05) is 12.1 Å². The lowest BCUT2D eigenvalue weighted by molar-refractivity contribution is -0.131. The van der Waals surface area contributed by atoms with Crippen LogP contribution in [-0.4, -0.2) is 33.9 Å². The van der Waals surface area contributed by atoms with Crippen molar-refractivity contribution in [1.82, 2.24) is 15.1 Å². The lowest BCUT2D eigenvalue weighted by Crippen LogP contribution is -2.29. The quantitative estimate of drug-likeness (QED) is 0.834. The third kappa shape index (κ3) is 3.70. The van der Waals surface area contributed by atoms with E-state index in [1.807, 2.05) is 0 Å². The topological polar surface area (TPSA) is 93.4 Å². The summed E-state index contributed by atoms with van der Waals surface area (Å²) in [6, 6.07) is 6.32. The molecular formula is C15H17N3O4. The van der Waals surface area contributed by atoms with Crippen molar-refractivity contribution in [1.29, 1.82) is 0 Å². The SMILES string of the molecule is COC(C(=O)NCc1ccc(C(=O)O)cc1)c1cnn(C)c1. The highest BCUT2D eigenvalue weighted by Gasteiger charge is 2.21.